The monoisotopic (exact) mass is 229 g/mol. The maximum atomic E-state index is 4.50. The molecule has 0 bridgehead atoms. The summed E-state index contributed by atoms with van der Waals surface area (Å²) in [5.41, 5.74) is 3.45. The number of rotatable bonds is 4. The minimum atomic E-state index is 0.924. The molecule has 1 heterocycles. The van der Waals surface area contributed by atoms with Crippen LogP contribution in [0.4, 0.5) is 5.95 Å². The van der Waals surface area contributed by atoms with Gasteiger partial charge >= 0.3 is 0 Å². The molecule has 0 fully saturated rings. The lowest BCUT2D eigenvalue weighted by Gasteiger charge is -2.09. The van der Waals surface area contributed by atoms with E-state index in [4.69, 9.17) is 0 Å². The molecule has 0 radical (unpaired) electrons. The maximum Gasteiger partial charge on any atom is 0.207 e. The number of hydrogen-bond acceptors (Lipinski definition) is 2. The number of nitrogens with zero attached hydrogens (tertiary/aromatic N) is 2. The van der Waals surface area contributed by atoms with Crippen LogP contribution in [0.25, 0.3) is 5.69 Å². The molecule has 0 amide bonds. The van der Waals surface area contributed by atoms with Gasteiger partial charge in [-0.25, -0.2) is 4.98 Å². The van der Waals surface area contributed by atoms with Gasteiger partial charge in [0.05, 0.1) is 5.69 Å². The fourth-order valence-electron chi connectivity index (χ4n) is 1.76. The third-order valence-electron chi connectivity index (χ3n) is 2.67. The number of nitrogens with one attached hydrogen (secondary N) is 1. The van der Waals surface area contributed by atoms with Crippen molar-refractivity contribution >= 4 is 5.95 Å². The van der Waals surface area contributed by atoms with Gasteiger partial charge in [0.2, 0.25) is 5.95 Å². The van der Waals surface area contributed by atoms with E-state index < -0.39 is 0 Å². The summed E-state index contributed by atoms with van der Waals surface area (Å²) in [6.07, 6.45) is 3.16. The Balaban J connectivity index is 2.33. The summed E-state index contributed by atoms with van der Waals surface area (Å²) in [6, 6.07) is 8.48. The van der Waals surface area contributed by atoms with Crippen molar-refractivity contribution in [2.24, 2.45) is 0 Å². The third-order valence-corrected chi connectivity index (χ3v) is 2.67. The van der Waals surface area contributed by atoms with Gasteiger partial charge in [-0.2, -0.15) is 0 Å². The molecule has 0 aliphatic rings. The van der Waals surface area contributed by atoms with Crippen LogP contribution >= 0.6 is 0 Å². The quantitative estimate of drug-likeness (QED) is 0.871. The van der Waals surface area contributed by atoms with Crippen LogP contribution in [-0.4, -0.2) is 16.1 Å². The molecule has 0 aliphatic carbocycles. The molecule has 2 rings (SSSR count). The van der Waals surface area contributed by atoms with Crippen molar-refractivity contribution in [1.29, 1.82) is 0 Å². The van der Waals surface area contributed by atoms with Gasteiger partial charge in [-0.1, -0.05) is 24.6 Å². The summed E-state index contributed by atoms with van der Waals surface area (Å²) in [7, 11) is 0. The highest BCUT2D eigenvalue weighted by Crippen LogP contribution is 2.17. The van der Waals surface area contributed by atoms with Crippen LogP contribution in [-0.2, 0) is 0 Å². The molecule has 1 aromatic carbocycles. The molecular formula is C14H19N3. The Bertz CT molecular complexity index is 483. The fraction of sp³-hybridized carbons (Fsp3) is 0.357. The molecular weight excluding hydrogens is 210 g/mol. The molecule has 17 heavy (non-hydrogen) atoms. The van der Waals surface area contributed by atoms with E-state index in [9.17, 15) is 0 Å². The van der Waals surface area contributed by atoms with Crippen LogP contribution in [0.5, 0.6) is 0 Å². The Morgan fingerprint density at radius 3 is 2.53 bits per heavy atom. The molecule has 0 saturated heterocycles. The minimum Gasteiger partial charge on any atom is -0.355 e. The predicted molar refractivity (Wildman–Crippen MR) is 71.8 cm³/mol. The summed E-state index contributed by atoms with van der Waals surface area (Å²) < 4.78 is 2.10. The molecule has 2 aromatic rings. The van der Waals surface area contributed by atoms with Crippen LogP contribution < -0.4 is 5.32 Å². The zero-order valence-electron chi connectivity index (χ0n) is 10.7. The second-order valence-electron chi connectivity index (χ2n) is 4.34. The van der Waals surface area contributed by atoms with E-state index in [1.165, 1.54) is 5.56 Å². The topological polar surface area (TPSA) is 29.9 Å². The van der Waals surface area contributed by atoms with Gasteiger partial charge in [0.15, 0.2) is 0 Å². The van der Waals surface area contributed by atoms with Crippen LogP contribution in [0, 0.1) is 13.8 Å². The summed E-state index contributed by atoms with van der Waals surface area (Å²) in [4.78, 5) is 4.50. The van der Waals surface area contributed by atoms with Gasteiger partial charge in [-0.3, -0.25) is 4.57 Å². The SMILES string of the molecule is CCCNc1nc(C)cn1-c1ccc(C)cc1. The second-order valence-corrected chi connectivity index (χ2v) is 4.34. The van der Waals surface area contributed by atoms with Crippen molar-refractivity contribution in [3.8, 4) is 5.69 Å². The summed E-state index contributed by atoms with van der Waals surface area (Å²) >= 11 is 0. The number of imidazole rings is 1. The van der Waals surface area contributed by atoms with E-state index in [1.54, 1.807) is 0 Å². The zero-order chi connectivity index (χ0) is 12.3. The van der Waals surface area contributed by atoms with Crippen molar-refractivity contribution in [2.45, 2.75) is 27.2 Å². The second kappa shape index (κ2) is 5.04. The first kappa shape index (κ1) is 11.7. The number of hydrogen-bond donors (Lipinski definition) is 1. The van der Waals surface area contributed by atoms with Crippen molar-refractivity contribution in [2.75, 3.05) is 11.9 Å². The van der Waals surface area contributed by atoms with Crippen LogP contribution in [0.15, 0.2) is 30.5 Å². The smallest absolute Gasteiger partial charge is 0.207 e. The number of aryl methyl sites for hydroxylation is 2. The predicted octanol–water partition coefficient (Wildman–Crippen LogP) is 3.31. The van der Waals surface area contributed by atoms with Gasteiger partial charge < -0.3 is 5.32 Å². The molecule has 0 atom stereocenters. The molecule has 0 unspecified atom stereocenters. The highest BCUT2D eigenvalue weighted by Gasteiger charge is 2.06. The summed E-state index contributed by atoms with van der Waals surface area (Å²) in [5, 5.41) is 3.35. The average molecular weight is 229 g/mol. The maximum absolute atomic E-state index is 4.50. The van der Waals surface area contributed by atoms with E-state index >= 15 is 0 Å². The number of benzene rings is 1. The Kier molecular flexibility index (Phi) is 3.47. The highest BCUT2D eigenvalue weighted by molar-refractivity contribution is 5.43. The number of anilines is 1. The van der Waals surface area contributed by atoms with Gasteiger partial charge in [0.1, 0.15) is 0 Å². The Morgan fingerprint density at radius 2 is 1.88 bits per heavy atom. The van der Waals surface area contributed by atoms with E-state index in [1.807, 2.05) is 6.92 Å². The Labute approximate surface area is 103 Å². The van der Waals surface area contributed by atoms with E-state index in [-0.39, 0.29) is 0 Å². The zero-order valence-corrected chi connectivity index (χ0v) is 10.7. The van der Waals surface area contributed by atoms with Gasteiger partial charge in [0.25, 0.3) is 0 Å². The van der Waals surface area contributed by atoms with Gasteiger partial charge in [-0.15, -0.1) is 0 Å². The van der Waals surface area contributed by atoms with Crippen molar-refractivity contribution in [1.82, 2.24) is 9.55 Å². The average Bonchev–Trinajstić information content (AvgIpc) is 2.69. The first-order chi connectivity index (χ1) is 8.20. The minimum absolute atomic E-state index is 0.924. The number of aromatic nitrogens is 2. The lowest BCUT2D eigenvalue weighted by Crippen LogP contribution is -2.06. The molecule has 3 nitrogen and oxygen atoms in total. The molecule has 0 saturated carbocycles. The summed E-state index contributed by atoms with van der Waals surface area (Å²) in [6.45, 7) is 7.21. The molecule has 90 valence electrons. The van der Waals surface area contributed by atoms with Crippen molar-refractivity contribution in [3.05, 3.63) is 41.7 Å². The first-order valence-corrected chi connectivity index (χ1v) is 6.07. The van der Waals surface area contributed by atoms with E-state index in [2.05, 4.69) is 59.2 Å². The van der Waals surface area contributed by atoms with Crippen molar-refractivity contribution in [3.63, 3.8) is 0 Å². The summed E-state index contributed by atoms with van der Waals surface area (Å²) in [5.74, 6) is 0.924. The normalized spacial score (nSPS) is 10.5. The molecule has 3 heteroatoms. The van der Waals surface area contributed by atoms with Gasteiger partial charge in [-0.05, 0) is 32.4 Å². The fourth-order valence-corrected chi connectivity index (χ4v) is 1.76. The first-order valence-electron chi connectivity index (χ1n) is 6.07. The van der Waals surface area contributed by atoms with Crippen molar-refractivity contribution < 1.29 is 0 Å². The standard InChI is InChI=1S/C14H19N3/c1-4-9-15-14-16-12(3)10-17(14)13-7-5-11(2)6-8-13/h5-8,10H,4,9H2,1-3H3,(H,15,16). The third kappa shape index (κ3) is 2.67. The van der Waals surface area contributed by atoms with Crippen LogP contribution in [0.2, 0.25) is 0 Å². The molecule has 0 spiro atoms. The van der Waals surface area contributed by atoms with E-state index in [0.29, 0.717) is 0 Å². The molecule has 1 N–H and O–H groups in total. The highest BCUT2D eigenvalue weighted by atomic mass is 15.2. The van der Waals surface area contributed by atoms with Crippen LogP contribution in [0.3, 0.4) is 0 Å². The van der Waals surface area contributed by atoms with Crippen LogP contribution in [0.1, 0.15) is 24.6 Å². The lowest BCUT2D eigenvalue weighted by atomic mass is 10.2. The Hall–Kier alpha value is -1.77. The Morgan fingerprint density at radius 1 is 1.18 bits per heavy atom. The van der Waals surface area contributed by atoms with E-state index in [0.717, 1.165) is 30.3 Å². The molecule has 0 aliphatic heterocycles. The largest absolute Gasteiger partial charge is 0.355 e. The molecule has 1 aromatic heterocycles. The van der Waals surface area contributed by atoms with Gasteiger partial charge in [0, 0.05) is 18.4 Å². The lowest BCUT2D eigenvalue weighted by molar-refractivity contribution is 0.936.